The number of para-hydroxylation sites is 1. The maximum absolute atomic E-state index is 11.0. The summed E-state index contributed by atoms with van der Waals surface area (Å²) in [6.07, 6.45) is 2.08. The quantitative estimate of drug-likeness (QED) is 0.0896. The summed E-state index contributed by atoms with van der Waals surface area (Å²) in [4.78, 5) is 5.22. The molecule has 2 N–H and O–H groups in total. The van der Waals surface area contributed by atoms with Gasteiger partial charge in [0, 0.05) is 35.5 Å². The van der Waals surface area contributed by atoms with E-state index in [1.165, 1.54) is 32.7 Å². The van der Waals surface area contributed by atoms with Gasteiger partial charge in [-0.15, -0.1) is 9.36 Å². The molecule has 2 aromatic heterocycles. The number of nitrogens with one attached hydrogen (secondary N) is 1. The van der Waals surface area contributed by atoms with Crippen molar-refractivity contribution in [3.63, 3.8) is 0 Å². The van der Waals surface area contributed by atoms with Crippen LogP contribution in [0.1, 0.15) is 22.4 Å². The lowest BCUT2D eigenvalue weighted by molar-refractivity contribution is -0.747. The summed E-state index contributed by atoms with van der Waals surface area (Å²) in [5, 5.41) is 24.4. The van der Waals surface area contributed by atoms with Crippen LogP contribution in [0.3, 0.4) is 0 Å². The first kappa shape index (κ1) is 38.4. The molecule has 0 saturated carbocycles. The van der Waals surface area contributed by atoms with E-state index in [0.29, 0.717) is 37.6 Å². The van der Waals surface area contributed by atoms with Crippen LogP contribution >= 0.6 is 0 Å². The molecule has 8 nitrogen and oxygen atoms in total. The molecule has 8 heteroatoms. The summed E-state index contributed by atoms with van der Waals surface area (Å²) in [5.41, 5.74) is 10.1. The van der Waals surface area contributed by atoms with E-state index in [2.05, 4.69) is 131 Å². The maximum Gasteiger partial charge on any atom is 0.204 e. The summed E-state index contributed by atoms with van der Waals surface area (Å²) in [5.74, 6) is 1.67. The molecule has 0 radical (unpaired) electrons. The fraction of sp³-hybridized carbons (Fsp3) is 0.0926. The number of hydrogen-bond donors (Lipinski definition) is 2. The number of nitrogens with zero attached hydrogens (tertiary/aromatic N) is 5. The van der Waals surface area contributed by atoms with Crippen LogP contribution in [0.15, 0.2) is 194 Å². The summed E-state index contributed by atoms with van der Waals surface area (Å²) in [7, 11) is 1.97. The Hall–Kier alpha value is -7.81. The van der Waals surface area contributed by atoms with Crippen LogP contribution in [0.4, 0.5) is 0 Å². The molecule has 0 amide bonds. The first-order valence-corrected chi connectivity index (χ1v) is 20.9. The van der Waals surface area contributed by atoms with E-state index in [-0.39, 0.29) is 5.75 Å². The van der Waals surface area contributed by atoms with Crippen molar-refractivity contribution in [3.8, 4) is 51.1 Å². The topological polar surface area (TPSA) is 81.0 Å². The molecule has 0 spiro atoms. The van der Waals surface area contributed by atoms with E-state index < -0.39 is 0 Å². The van der Waals surface area contributed by atoms with E-state index in [4.69, 9.17) is 14.9 Å². The van der Waals surface area contributed by atoms with E-state index in [9.17, 15) is 5.11 Å². The number of rotatable bonds is 13. The van der Waals surface area contributed by atoms with Gasteiger partial charge in [-0.3, -0.25) is 4.57 Å². The second kappa shape index (κ2) is 17.0. The Morgan fingerprint density at radius 3 is 1.87 bits per heavy atom. The Bertz CT molecular complexity index is 3080. The van der Waals surface area contributed by atoms with Crippen LogP contribution < -0.4 is 14.7 Å². The van der Waals surface area contributed by atoms with Crippen molar-refractivity contribution in [2.24, 2.45) is 7.05 Å². The molecule has 10 aromatic rings. The number of ether oxygens (including phenoxy) is 1. The van der Waals surface area contributed by atoms with Crippen molar-refractivity contribution in [2.45, 2.75) is 26.2 Å². The van der Waals surface area contributed by atoms with Gasteiger partial charge >= 0.3 is 0 Å². The molecule has 62 heavy (non-hydrogen) atoms. The van der Waals surface area contributed by atoms with E-state index >= 15 is 0 Å². The zero-order chi connectivity index (χ0) is 41.8. The van der Waals surface area contributed by atoms with E-state index in [0.717, 1.165) is 45.2 Å². The highest BCUT2D eigenvalue weighted by atomic mass is 16.5. The summed E-state index contributed by atoms with van der Waals surface area (Å²) >= 11 is 0. The molecule has 10 rings (SSSR count). The van der Waals surface area contributed by atoms with E-state index in [1.54, 1.807) is 6.07 Å². The number of aryl methyl sites for hydroxylation is 1. The predicted molar refractivity (Wildman–Crippen MR) is 247 cm³/mol. The number of benzene rings is 8. The molecule has 8 aromatic carbocycles. The van der Waals surface area contributed by atoms with Crippen molar-refractivity contribution >= 4 is 21.5 Å². The van der Waals surface area contributed by atoms with Crippen molar-refractivity contribution in [2.75, 3.05) is 0 Å². The molecule has 0 fully saturated rings. The second-order valence-electron chi connectivity index (χ2n) is 15.5. The molecular weight excluding hydrogens is 765 g/mol. The number of phenolic OH excluding ortho intramolecular Hbond substituents is 1. The van der Waals surface area contributed by atoms with Crippen LogP contribution in [0.25, 0.3) is 61.1 Å². The molecule has 0 unspecified atom stereocenters. The first-order chi connectivity index (χ1) is 30.6. The van der Waals surface area contributed by atoms with Gasteiger partial charge in [-0.1, -0.05) is 146 Å². The SMILES string of the molecule is Cn1n[n+](Cc2c3ccccc3cc3ccccc23)cc1COc1ccc(CNCc2ccc(-n3c(-c4ccccc4O)nc(-c4ccccc4)c3-c3ccccc3)cc2)cc1. The number of imidazole rings is 1. The summed E-state index contributed by atoms with van der Waals surface area (Å²) < 4.78 is 12.3. The smallest absolute Gasteiger partial charge is 0.204 e. The number of aromatic nitrogens is 5. The Morgan fingerprint density at radius 1 is 0.629 bits per heavy atom. The minimum atomic E-state index is 0.182. The summed E-state index contributed by atoms with van der Waals surface area (Å²) in [6.45, 7) is 2.49. The lowest BCUT2D eigenvalue weighted by Crippen LogP contribution is -2.36. The third-order valence-electron chi connectivity index (χ3n) is 11.4. The van der Waals surface area contributed by atoms with Crippen LogP contribution in [0.5, 0.6) is 11.5 Å². The van der Waals surface area contributed by atoms with Gasteiger partial charge in [0.1, 0.15) is 30.9 Å². The Morgan fingerprint density at radius 2 is 1.21 bits per heavy atom. The monoisotopic (exact) mass is 809 g/mol. The lowest BCUT2D eigenvalue weighted by Gasteiger charge is -2.15. The molecule has 0 bridgehead atoms. The van der Waals surface area contributed by atoms with E-state index in [1.807, 2.05) is 83.1 Å². The second-order valence-corrected chi connectivity index (χ2v) is 15.5. The Balaban J connectivity index is 0.809. The van der Waals surface area contributed by atoms with Gasteiger partial charge in [0.25, 0.3) is 0 Å². The minimum Gasteiger partial charge on any atom is -0.507 e. The molecule has 0 aliphatic heterocycles. The number of phenols is 1. The van der Waals surface area contributed by atoms with Gasteiger partial charge in [-0.25, -0.2) is 4.98 Å². The van der Waals surface area contributed by atoms with Gasteiger partial charge in [-0.05, 0) is 75.1 Å². The fourth-order valence-electron chi connectivity index (χ4n) is 8.31. The van der Waals surface area contributed by atoms with Crippen LogP contribution in [-0.4, -0.2) is 24.6 Å². The zero-order valence-corrected chi connectivity index (χ0v) is 34.4. The molecule has 0 aliphatic carbocycles. The zero-order valence-electron chi connectivity index (χ0n) is 34.4. The lowest BCUT2D eigenvalue weighted by atomic mass is 9.97. The largest absolute Gasteiger partial charge is 0.507 e. The van der Waals surface area contributed by atoms with Crippen LogP contribution in [0.2, 0.25) is 0 Å². The molecule has 302 valence electrons. The predicted octanol–water partition coefficient (Wildman–Crippen LogP) is 10.8. The minimum absolute atomic E-state index is 0.182. The number of aromatic hydroxyl groups is 1. The molecule has 0 aliphatic rings. The highest BCUT2D eigenvalue weighted by Crippen LogP contribution is 2.40. The Kier molecular flexibility index (Phi) is 10.6. The van der Waals surface area contributed by atoms with Crippen LogP contribution in [-0.2, 0) is 33.3 Å². The Labute approximate surface area is 360 Å². The van der Waals surface area contributed by atoms with Gasteiger partial charge in [0.15, 0.2) is 12.8 Å². The van der Waals surface area contributed by atoms with Gasteiger partial charge in [-0.2, -0.15) is 0 Å². The molecule has 0 atom stereocenters. The number of hydrogen-bond acceptors (Lipinski definition) is 5. The van der Waals surface area contributed by atoms with Crippen molar-refractivity contribution in [1.29, 1.82) is 0 Å². The average Bonchev–Trinajstić information content (AvgIpc) is 3.89. The summed E-state index contributed by atoms with van der Waals surface area (Å²) in [6, 6.07) is 64.2. The first-order valence-electron chi connectivity index (χ1n) is 20.9. The highest BCUT2D eigenvalue weighted by molar-refractivity contribution is 6.02. The maximum atomic E-state index is 11.0. The van der Waals surface area contributed by atoms with Crippen molar-refractivity contribution in [3.05, 3.63) is 217 Å². The standard InChI is InChI=1S/C54H44N6O2/c1-58-45(35-59(57-58)36-50-47-20-10-8-18-42(47)32-43-19-9-11-21-48(43)50)37-62-46-30-26-39(27-31-46)34-55-33-38-24-28-44(29-25-38)60-53(41-16-6-3-7-17-41)52(40-14-4-2-5-15-40)56-54(60)49-22-12-13-23-51(49)61/h2-32,35,55H,33-34,36-37H2,1H3/p+1. The third-order valence-corrected chi connectivity index (χ3v) is 11.4. The van der Waals surface area contributed by atoms with Gasteiger partial charge in [0.2, 0.25) is 5.69 Å². The normalized spacial score (nSPS) is 11.4. The highest BCUT2D eigenvalue weighted by Gasteiger charge is 2.24. The number of fused-ring (bicyclic) bond motifs is 2. The molecular formula is C54H45N6O2+. The van der Waals surface area contributed by atoms with Crippen molar-refractivity contribution < 1.29 is 14.5 Å². The average molecular weight is 810 g/mol. The molecule has 0 saturated heterocycles. The van der Waals surface area contributed by atoms with Gasteiger partial charge in [0.05, 0.1) is 22.2 Å². The van der Waals surface area contributed by atoms with Crippen LogP contribution in [0, 0.1) is 0 Å². The van der Waals surface area contributed by atoms with Gasteiger partial charge < -0.3 is 15.2 Å². The van der Waals surface area contributed by atoms with Crippen molar-refractivity contribution in [1.82, 2.24) is 24.8 Å². The molecule has 2 heterocycles. The third kappa shape index (κ3) is 7.83. The fourth-order valence-corrected chi connectivity index (χ4v) is 8.31.